The molecule has 0 saturated carbocycles. The van der Waals surface area contributed by atoms with Crippen LogP contribution in [0.1, 0.15) is 13.8 Å². The van der Waals surface area contributed by atoms with Crippen molar-refractivity contribution in [2.75, 3.05) is 19.3 Å². The molecule has 0 spiro atoms. The average molecular weight is 284 g/mol. The van der Waals surface area contributed by atoms with Gasteiger partial charge in [0.2, 0.25) is 5.91 Å². The first kappa shape index (κ1) is 16.0. The lowest BCUT2D eigenvalue weighted by Gasteiger charge is -2.26. The van der Waals surface area contributed by atoms with Gasteiger partial charge < -0.3 is 10.6 Å². The van der Waals surface area contributed by atoms with E-state index < -0.39 is 0 Å². The zero-order valence-corrected chi connectivity index (χ0v) is 12.4. The second kappa shape index (κ2) is 7.50. The van der Waals surface area contributed by atoms with Gasteiger partial charge in [-0.25, -0.2) is 4.39 Å². The Bertz CT molecular complexity index is 410. The number of amides is 1. The van der Waals surface area contributed by atoms with Crippen molar-refractivity contribution in [1.82, 2.24) is 4.90 Å². The Morgan fingerprint density at radius 3 is 2.47 bits per heavy atom. The van der Waals surface area contributed by atoms with Crippen molar-refractivity contribution in [3.05, 3.63) is 30.1 Å². The van der Waals surface area contributed by atoms with E-state index in [-0.39, 0.29) is 23.7 Å². The van der Waals surface area contributed by atoms with Crippen molar-refractivity contribution in [3.8, 4) is 0 Å². The Balaban J connectivity index is 2.48. The lowest BCUT2D eigenvalue weighted by atomic mass is 10.1. The molecule has 1 aromatic rings. The number of hydrogen-bond donors (Lipinski definition) is 1. The van der Waals surface area contributed by atoms with Crippen LogP contribution in [0.3, 0.4) is 0 Å². The van der Waals surface area contributed by atoms with E-state index >= 15 is 0 Å². The summed E-state index contributed by atoms with van der Waals surface area (Å²) < 4.78 is 12.8. The van der Waals surface area contributed by atoms with E-state index in [2.05, 4.69) is 0 Å². The highest BCUT2D eigenvalue weighted by Gasteiger charge is 2.20. The molecule has 0 aliphatic heterocycles. The van der Waals surface area contributed by atoms with Gasteiger partial charge in [-0.3, -0.25) is 4.79 Å². The van der Waals surface area contributed by atoms with Gasteiger partial charge in [-0.15, -0.1) is 11.8 Å². The molecule has 3 nitrogen and oxygen atoms in total. The molecular weight excluding hydrogens is 263 g/mol. The van der Waals surface area contributed by atoms with E-state index in [9.17, 15) is 9.18 Å². The van der Waals surface area contributed by atoms with Gasteiger partial charge in [0.05, 0.1) is 0 Å². The Morgan fingerprint density at radius 2 is 1.95 bits per heavy atom. The summed E-state index contributed by atoms with van der Waals surface area (Å²) in [6.45, 7) is 4.29. The molecule has 0 fully saturated rings. The predicted octanol–water partition coefficient (Wildman–Crippen LogP) is 2.36. The van der Waals surface area contributed by atoms with Crippen LogP contribution in [0.25, 0.3) is 0 Å². The van der Waals surface area contributed by atoms with E-state index in [0.29, 0.717) is 12.3 Å². The third-order valence-electron chi connectivity index (χ3n) is 3.09. The molecule has 0 aliphatic carbocycles. The molecule has 0 bridgehead atoms. The first-order valence-corrected chi connectivity index (χ1v) is 7.29. The van der Waals surface area contributed by atoms with Crippen molar-refractivity contribution in [2.24, 2.45) is 11.7 Å². The maximum atomic E-state index is 12.8. The fraction of sp³-hybridized carbons (Fsp3) is 0.500. The van der Waals surface area contributed by atoms with Crippen LogP contribution in [0.4, 0.5) is 4.39 Å². The predicted molar refractivity (Wildman–Crippen MR) is 77.6 cm³/mol. The molecule has 1 aromatic carbocycles. The van der Waals surface area contributed by atoms with Crippen molar-refractivity contribution in [1.29, 1.82) is 0 Å². The normalized spacial score (nSPS) is 13.9. The highest BCUT2D eigenvalue weighted by atomic mass is 32.2. The largest absolute Gasteiger partial charge is 0.342 e. The Hall–Kier alpha value is -1.07. The molecule has 106 valence electrons. The lowest BCUT2D eigenvalue weighted by molar-refractivity contribution is -0.134. The van der Waals surface area contributed by atoms with Crippen LogP contribution in [0.15, 0.2) is 29.2 Å². The number of nitrogens with zero attached hydrogens (tertiary/aromatic N) is 1. The van der Waals surface area contributed by atoms with Crippen molar-refractivity contribution in [3.63, 3.8) is 0 Å². The molecule has 2 atom stereocenters. The first-order valence-electron chi connectivity index (χ1n) is 6.30. The van der Waals surface area contributed by atoms with Gasteiger partial charge in [0.25, 0.3) is 0 Å². The fourth-order valence-electron chi connectivity index (χ4n) is 1.55. The van der Waals surface area contributed by atoms with Crippen LogP contribution in [0, 0.1) is 11.7 Å². The monoisotopic (exact) mass is 284 g/mol. The van der Waals surface area contributed by atoms with E-state index in [0.717, 1.165) is 4.90 Å². The van der Waals surface area contributed by atoms with Gasteiger partial charge in [-0.1, -0.05) is 6.92 Å². The molecule has 1 amide bonds. The Labute approximate surface area is 118 Å². The Morgan fingerprint density at radius 1 is 1.37 bits per heavy atom. The summed E-state index contributed by atoms with van der Waals surface area (Å²) in [7, 11) is 1.78. The van der Waals surface area contributed by atoms with Crippen LogP contribution in [0.5, 0.6) is 0 Å². The van der Waals surface area contributed by atoms with Crippen LogP contribution < -0.4 is 5.73 Å². The van der Waals surface area contributed by atoms with Gasteiger partial charge in [0.1, 0.15) is 5.82 Å². The molecule has 1 rings (SSSR count). The second-order valence-corrected chi connectivity index (χ2v) is 5.79. The number of thioether (sulfide) groups is 1. The molecule has 0 aliphatic rings. The topological polar surface area (TPSA) is 46.3 Å². The first-order chi connectivity index (χ1) is 8.95. The molecule has 0 radical (unpaired) electrons. The van der Waals surface area contributed by atoms with E-state index in [4.69, 9.17) is 5.73 Å². The van der Waals surface area contributed by atoms with Gasteiger partial charge >= 0.3 is 0 Å². The average Bonchev–Trinajstić information content (AvgIpc) is 2.43. The number of halogens is 1. The molecule has 5 heteroatoms. The number of nitrogens with two attached hydrogens (primary N) is 1. The molecule has 19 heavy (non-hydrogen) atoms. The standard InChI is InChI=1S/C14H21FN2OS/c1-10(14(18)17(3)11(2)8-16)9-19-13-6-4-12(15)5-7-13/h4-7,10-11H,8-9,16H2,1-3H3. The van der Waals surface area contributed by atoms with Crippen LogP contribution in [0.2, 0.25) is 0 Å². The summed E-state index contributed by atoms with van der Waals surface area (Å²) in [4.78, 5) is 14.8. The summed E-state index contributed by atoms with van der Waals surface area (Å²) in [6, 6.07) is 6.35. The van der Waals surface area contributed by atoms with Gasteiger partial charge in [0, 0.05) is 36.2 Å². The maximum Gasteiger partial charge on any atom is 0.226 e. The summed E-state index contributed by atoms with van der Waals surface area (Å²) in [5.41, 5.74) is 5.56. The van der Waals surface area contributed by atoms with Crippen molar-refractivity contribution < 1.29 is 9.18 Å². The quantitative estimate of drug-likeness (QED) is 0.816. The highest BCUT2D eigenvalue weighted by molar-refractivity contribution is 7.99. The minimum absolute atomic E-state index is 0.0470. The zero-order chi connectivity index (χ0) is 14.4. The number of rotatable bonds is 6. The third-order valence-corrected chi connectivity index (χ3v) is 4.36. The lowest BCUT2D eigenvalue weighted by Crippen LogP contribution is -2.42. The minimum Gasteiger partial charge on any atom is -0.342 e. The van der Waals surface area contributed by atoms with E-state index in [1.165, 1.54) is 12.1 Å². The van der Waals surface area contributed by atoms with E-state index in [1.807, 2.05) is 13.8 Å². The van der Waals surface area contributed by atoms with Crippen LogP contribution >= 0.6 is 11.8 Å². The molecule has 0 aromatic heterocycles. The minimum atomic E-state index is -0.245. The van der Waals surface area contributed by atoms with Crippen LogP contribution in [-0.2, 0) is 4.79 Å². The third kappa shape index (κ3) is 4.84. The van der Waals surface area contributed by atoms with Gasteiger partial charge in [0.15, 0.2) is 0 Å². The number of benzene rings is 1. The summed E-state index contributed by atoms with van der Waals surface area (Å²) in [5.74, 6) is 0.429. The van der Waals surface area contributed by atoms with Crippen molar-refractivity contribution >= 4 is 17.7 Å². The molecule has 0 heterocycles. The molecule has 2 unspecified atom stereocenters. The SMILES string of the molecule is CC(CSc1ccc(F)cc1)C(=O)N(C)C(C)CN. The number of carbonyl (C=O) groups is 1. The summed E-state index contributed by atoms with van der Waals surface area (Å²) in [5, 5.41) is 0. The Kier molecular flexibility index (Phi) is 6.31. The summed E-state index contributed by atoms with van der Waals surface area (Å²) in [6.07, 6.45) is 0. The number of likely N-dealkylation sites (N-methyl/N-ethyl adjacent to an activating group) is 1. The molecular formula is C14H21FN2OS. The summed E-state index contributed by atoms with van der Waals surface area (Å²) >= 11 is 1.56. The molecule has 2 N–H and O–H groups in total. The highest BCUT2D eigenvalue weighted by Crippen LogP contribution is 2.21. The maximum absolute atomic E-state index is 12.8. The van der Waals surface area contributed by atoms with Gasteiger partial charge in [-0.05, 0) is 31.2 Å². The molecule has 0 saturated heterocycles. The number of carbonyl (C=O) groups excluding carboxylic acids is 1. The zero-order valence-electron chi connectivity index (χ0n) is 11.6. The van der Waals surface area contributed by atoms with Crippen molar-refractivity contribution in [2.45, 2.75) is 24.8 Å². The van der Waals surface area contributed by atoms with Crippen LogP contribution in [-0.4, -0.2) is 36.2 Å². The van der Waals surface area contributed by atoms with E-state index in [1.54, 1.807) is 35.8 Å². The fourth-order valence-corrected chi connectivity index (χ4v) is 2.46. The van der Waals surface area contributed by atoms with Gasteiger partial charge in [-0.2, -0.15) is 0 Å². The smallest absolute Gasteiger partial charge is 0.226 e. The number of hydrogen-bond acceptors (Lipinski definition) is 3. The second-order valence-electron chi connectivity index (χ2n) is 4.70.